The van der Waals surface area contributed by atoms with Crippen molar-refractivity contribution >= 4 is 17.7 Å². The number of carbonyl (C=O) groups is 3. The largest absolute Gasteiger partial charge is 0.355 e. The Morgan fingerprint density at radius 3 is 2.35 bits per heavy atom. The molecule has 1 aliphatic carbocycles. The maximum atomic E-state index is 12.4. The highest BCUT2D eigenvalue weighted by molar-refractivity contribution is 5.84. The van der Waals surface area contributed by atoms with Crippen molar-refractivity contribution < 1.29 is 14.4 Å². The number of likely N-dealkylation sites (tertiary alicyclic amines) is 1. The number of piperidine rings is 1. The van der Waals surface area contributed by atoms with E-state index in [1.807, 2.05) is 25.7 Å². The Bertz CT molecular complexity index is 507. The molecule has 2 N–H and O–H groups in total. The summed E-state index contributed by atoms with van der Waals surface area (Å²) in [5.74, 6) is -0.0921. The molecule has 0 bridgehead atoms. The summed E-state index contributed by atoms with van der Waals surface area (Å²) in [6.45, 7) is 7.29. The lowest BCUT2D eigenvalue weighted by Gasteiger charge is -2.35. The predicted octanol–water partition coefficient (Wildman–Crippen LogP) is 2.23. The van der Waals surface area contributed by atoms with E-state index in [1.54, 1.807) is 0 Å². The van der Waals surface area contributed by atoms with Gasteiger partial charge in [-0.15, -0.1) is 0 Å². The summed E-state index contributed by atoms with van der Waals surface area (Å²) in [6.07, 6.45) is 7.74. The molecular formula is C20H35N3O3. The minimum Gasteiger partial charge on any atom is -0.355 e. The quantitative estimate of drug-likeness (QED) is 0.784. The first-order chi connectivity index (χ1) is 12.3. The van der Waals surface area contributed by atoms with E-state index >= 15 is 0 Å². The van der Waals surface area contributed by atoms with E-state index in [1.165, 1.54) is 19.3 Å². The number of nitrogens with zero attached hydrogens (tertiary/aromatic N) is 1. The van der Waals surface area contributed by atoms with Gasteiger partial charge in [-0.2, -0.15) is 0 Å². The molecule has 1 unspecified atom stereocenters. The highest BCUT2D eigenvalue weighted by atomic mass is 16.2. The Balaban J connectivity index is 1.70. The van der Waals surface area contributed by atoms with Crippen LogP contribution in [0.25, 0.3) is 0 Å². The Labute approximate surface area is 157 Å². The van der Waals surface area contributed by atoms with Crippen LogP contribution in [-0.4, -0.2) is 48.3 Å². The van der Waals surface area contributed by atoms with E-state index in [2.05, 4.69) is 10.6 Å². The molecule has 0 radical (unpaired) electrons. The lowest BCUT2D eigenvalue weighted by molar-refractivity contribution is -0.142. The van der Waals surface area contributed by atoms with Crippen LogP contribution >= 0.6 is 0 Å². The molecule has 26 heavy (non-hydrogen) atoms. The molecule has 2 aliphatic rings. The fraction of sp³-hybridized carbons (Fsp3) is 0.850. The van der Waals surface area contributed by atoms with E-state index in [9.17, 15) is 14.4 Å². The van der Waals surface area contributed by atoms with Crippen LogP contribution in [0.5, 0.6) is 0 Å². The summed E-state index contributed by atoms with van der Waals surface area (Å²) in [5.41, 5.74) is -0.421. The second-order valence-corrected chi connectivity index (χ2v) is 8.78. The zero-order valence-corrected chi connectivity index (χ0v) is 16.6. The van der Waals surface area contributed by atoms with Crippen molar-refractivity contribution in [3.8, 4) is 0 Å². The fourth-order valence-corrected chi connectivity index (χ4v) is 3.84. The van der Waals surface area contributed by atoms with Gasteiger partial charge in [0.25, 0.3) is 0 Å². The van der Waals surface area contributed by atoms with Crippen LogP contribution in [0.1, 0.15) is 72.1 Å². The normalized spacial score (nSPS) is 22.0. The first kappa shape index (κ1) is 20.7. The molecular weight excluding hydrogens is 330 g/mol. The number of carbonyl (C=O) groups excluding carboxylic acids is 3. The molecule has 6 heteroatoms. The lowest BCUT2D eigenvalue weighted by Crippen LogP contribution is -2.49. The van der Waals surface area contributed by atoms with Gasteiger partial charge >= 0.3 is 0 Å². The summed E-state index contributed by atoms with van der Waals surface area (Å²) in [4.78, 5) is 38.6. The van der Waals surface area contributed by atoms with Gasteiger partial charge in [0.15, 0.2) is 0 Å². The molecule has 0 aromatic heterocycles. The molecule has 1 atom stereocenters. The number of hydrogen-bond acceptors (Lipinski definition) is 3. The first-order valence-electron chi connectivity index (χ1n) is 10.1. The van der Waals surface area contributed by atoms with Gasteiger partial charge in [-0.3, -0.25) is 14.4 Å². The molecule has 2 fully saturated rings. The van der Waals surface area contributed by atoms with Crippen molar-refractivity contribution in [2.75, 3.05) is 19.6 Å². The molecule has 1 saturated heterocycles. The minimum atomic E-state index is -0.421. The molecule has 148 valence electrons. The van der Waals surface area contributed by atoms with Crippen LogP contribution in [0.15, 0.2) is 0 Å². The van der Waals surface area contributed by atoms with Gasteiger partial charge in [0.05, 0.1) is 5.92 Å². The first-order valence-corrected chi connectivity index (χ1v) is 10.1. The lowest BCUT2D eigenvalue weighted by atomic mass is 9.91. The zero-order valence-electron chi connectivity index (χ0n) is 16.6. The van der Waals surface area contributed by atoms with Crippen LogP contribution in [0, 0.1) is 11.3 Å². The third-order valence-electron chi connectivity index (χ3n) is 5.34. The molecule has 1 aliphatic heterocycles. The Morgan fingerprint density at radius 2 is 1.69 bits per heavy atom. The van der Waals surface area contributed by atoms with Gasteiger partial charge in [0, 0.05) is 37.5 Å². The maximum absolute atomic E-state index is 12.4. The topological polar surface area (TPSA) is 78.5 Å². The maximum Gasteiger partial charge on any atom is 0.227 e. The van der Waals surface area contributed by atoms with Gasteiger partial charge in [0.1, 0.15) is 0 Å². The average molecular weight is 366 g/mol. The number of hydrogen-bond donors (Lipinski definition) is 2. The smallest absolute Gasteiger partial charge is 0.227 e. The van der Waals surface area contributed by atoms with Gasteiger partial charge < -0.3 is 15.5 Å². The SMILES string of the molecule is CC(C)(C)C(=O)N1CCCC(C(=O)NCCC(=O)NC2CCCCC2)C1. The zero-order chi connectivity index (χ0) is 19.2. The highest BCUT2D eigenvalue weighted by Crippen LogP contribution is 2.23. The van der Waals surface area contributed by atoms with Crippen LogP contribution in [-0.2, 0) is 14.4 Å². The minimum absolute atomic E-state index is 0.0189. The molecule has 1 saturated carbocycles. The standard InChI is InChI=1S/C20H35N3O3/c1-20(2,3)19(26)23-13-7-8-15(14-23)18(25)21-12-11-17(24)22-16-9-5-4-6-10-16/h15-16H,4-14H2,1-3H3,(H,21,25)(H,22,24). The fourth-order valence-electron chi connectivity index (χ4n) is 3.84. The molecule has 0 aromatic carbocycles. The highest BCUT2D eigenvalue weighted by Gasteiger charge is 2.33. The number of amides is 3. The summed E-state index contributed by atoms with van der Waals surface area (Å²) >= 11 is 0. The molecule has 0 aromatic rings. The molecule has 3 amide bonds. The van der Waals surface area contributed by atoms with E-state index in [0.717, 1.165) is 32.2 Å². The third kappa shape index (κ3) is 6.29. The molecule has 2 rings (SSSR count). The van der Waals surface area contributed by atoms with Crippen LogP contribution in [0.3, 0.4) is 0 Å². The van der Waals surface area contributed by atoms with Crippen LogP contribution in [0.2, 0.25) is 0 Å². The summed E-state index contributed by atoms with van der Waals surface area (Å²) < 4.78 is 0. The average Bonchev–Trinajstić information content (AvgIpc) is 2.61. The second kappa shape index (κ2) is 9.38. The van der Waals surface area contributed by atoms with E-state index < -0.39 is 5.41 Å². The van der Waals surface area contributed by atoms with E-state index in [4.69, 9.17) is 0 Å². The van der Waals surface area contributed by atoms with Crippen molar-refractivity contribution in [1.82, 2.24) is 15.5 Å². The third-order valence-corrected chi connectivity index (χ3v) is 5.34. The molecule has 1 heterocycles. The second-order valence-electron chi connectivity index (χ2n) is 8.78. The van der Waals surface area contributed by atoms with Gasteiger partial charge in [0.2, 0.25) is 17.7 Å². The number of rotatable bonds is 5. The van der Waals surface area contributed by atoms with Crippen molar-refractivity contribution in [1.29, 1.82) is 0 Å². The monoisotopic (exact) mass is 365 g/mol. The Kier molecular flexibility index (Phi) is 7.47. The number of nitrogens with one attached hydrogen (secondary N) is 2. The Hall–Kier alpha value is -1.59. The van der Waals surface area contributed by atoms with Crippen molar-refractivity contribution in [2.24, 2.45) is 11.3 Å². The summed E-state index contributed by atoms with van der Waals surface area (Å²) in [7, 11) is 0. The van der Waals surface area contributed by atoms with E-state index in [0.29, 0.717) is 25.6 Å². The van der Waals surface area contributed by atoms with Crippen LogP contribution in [0.4, 0.5) is 0 Å². The molecule has 6 nitrogen and oxygen atoms in total. The molecule has 0 spiro atoms. The van der Waals surface area contributed by atoms with Crippen molar-refractivity contribution in [2.45, 2.75) is 78.2 Å². The summed E-state index contributed by atoms with van der Waals surface area (Å²) in [5, 5.41) is 5.95. The van der Waals surface area contributed by atoms with Gasteiger partial charge in [-0.05, 0) is 25.7 Å². The Morgan fingerprint density at radius 1 is 1.00 bits per heavy atom. The summed E-state index contributed by atoms with van der Waals surface area (Å²) in [6, 6.07) is 0.308. The van der Waals surface area contributed by atoms with Crippen LogP contribution < -0.4 is 10.6 Å². The van der Waals surface area contributed by atoms with Gasteiger partial charge in [-0.1, -0.05) is 40.0 Å². The predicted molar refractivity (Wildman–Crippen MR) is 101 cm³/mol. The van der Waals surface area contributed by atoms with Crippen molar-refractivity contribution in [3.63, 3.8) is 0 Å². The van der Waals surface area contributed by atoms with E-state index in [-0.39, 0.29) is 23.6 Å². The van der Waals surface area contributed by atoms with Gasteiger partial charge in [-0.25, -0.2) is 0 Å². The van der Waals surface area contributed by atoms with Crippen molar-refractivity contribution in [3.05, 3.63) is 0 Å².